The molecule has 6 nitrogen and oxygen atoms in total. The van der Waals surface area contributed by atoms with E-state index in [0.29, 0.717) is 0 Å². The molecule has 4 aromatic heterocycles. The number of aryl methyl sites for hydroxylation is 1. The minimum absolute atomic E-state index is 0.859. The van der Waals surface area contributed by atoms with Crippen molar-refractivity contribution in [1.29, 1.82) is 0 Å². The zero-order chi connectivity index (χ0) is 25.1. The minimum Gasteiger partial charge on any atom is -0.353 e. The third-order valence-electron chi connectivity index (χ3n) is 6.53. The van der Waals surface area contributed by atoms with Crippen molar-refractivity contribution in [1.82, 2.24) is 30.0 Å². The van der Waals surface area contributed by atoms with Gasteiger partial charge in [-0.3, -0.25) is 15.1 Å². The fourth-order valence-electron chi connectivity index (χ4n) is 4.64. The van der Waals surface area contributed by atoms with Crippen molar-refractivity contribution in [3.63, 3.8) is 0 Å². The number of nitrogens with zero attached hydrogens (tertiary/aromatic N) is 4. The third-order valence-corrected chi connectivity index (χ3v) is 6.53. The maximum absolute atomic E-state index is 4.67. The number of aromatic amines is 2. The van der Waals surface area contributed by atoms with Gasteiger partial charge in [0.2, 0.25) is 0 Å². The standard InChI is InChI=1S/C30H32N6/c1-5-26-24(15-20(2)23-16-21(18-31-19-23)9-8-14-36(3)4)30(35-34-26)28-17-25-27(33-28)12-13-32-29(25)22-10-6-7-11-22/h5-6,10-13,15-19,33-34H,2,7-9,14H2,1,3-4H3/b24-15+,26-5+. The summed E-state index contributed by atoms with van der Waals surface area (Å²) < 4.78 is 0. The molecule has 2 N–H and O–H groups in total. The van der Waals surface area contributed by atoms with Gasteiger partial charge in [-0.1, -0.05) is 30.9 Å². The summed E-state index contributed by atoms with van der Waals surface area (Å²) in [4.78, 5) is 14.9. The quantitative estimate of drug-likeness (QED) is 0.393. The lowest BCUT2D eigenvalue weighted by molar-refractivity contribution is 0.400. The zero-order valence-electron chi connectivity index (χ0n) is 21.2. The molecule has 0 amide bonds. The summed E-state index contributed by atoms with van der Waals surface area (Å²) in [6.45, 7) is 7.44. The first kappa shape index (κ1) is 23.7. The van der Waals surface area contributed by atoms with Gasteiger partial charge in [-0.2, -0.15) is 5.10 Å². The molecule has 4 aromatic rings. The highest BCUT2D eigenvalue weighted by Crippen LogP contribution is 2.29. The highest BCUT2D eigenvalue weighted by atomic mass is 15.1. The number of nitrogens with one attached hydrogen (secondary N) is 2. The van der Waals surface area contributed by atoms with Crippen LogP contribution in [-0.4, -0.2) is 50.7 Å². The van der Waals surface area contributed by atoms with E-state index in [1.807, 2.05) is 37.7 Å². The Labute approximate surface area is 211 Å². The van der Waals surface area contributed by atoms with Crippen LogP contribution in [0.2, 0.25) is 0 Å². The van der Waals surface area contributed by atoms with E-state index in [1.165, 1.54) is 5.56 Å². The number of hydrogen-bond donors (Lipinski definition) is 2. The maximum Gasteiger partial charge on any atom is 0.116 e. The minimum atomic E-state index is 0.859. The van der Waals surface area contributed by atoms with Crippen LogP contribution in [0.1, 0.15) is 36.6 Å². The monoisotopic (exact) mass is 476 g/mol. The van der Waals surface area contributed by atoms with Gasteiger partial charge in [0.15, 0.2) is 0 Å². The highest BCUT2D eigenvalue weighted by molar-refractivity contribution is 5.96. The second kappa shape index (κ2) is 10.3. The van der Waals surface area contributed by atoms with Crippen LogP contribution in [0, 0.1) is 0 Å². The van der Waals surface area contributed by atoms with E-state index in [-0.39, 0.29) is 0 Å². The molecule has 0 unspecified atom stereocenters. The molecule has 0 saturated heterocycles. The fraction of sp³-hybridized carbons (Fsp3) is 0.233. The first-order valence-corrected chi connectivity index (χ1v) is 12.4. The Bertz CT molecular complexity index is 1600. The second-order valence-corrected chi connectivity index (χ2v) is 9.45. The van der Waals surface area contributed by atoms with Gasteiger partial charge in [-0.25, -0.2) is 0 Å². The molecule has 0 saturated carbocycles. The summed E-state index contributed by atoms with van der Waals surface area (Å²) in [5.74, 6) is 0. The molecule has 6 heteroatoms. The largest absolute Gasteiger partial charge is 0.353 e. The topological polar surface area (TPSA) is 73.5 Å². The van der Waals surface area contributed by atoms with Crippen molar-refractivity contribution < 1.29 is 0 Å². The van der Waals surface area contributed by atoms with Crippen LogP contribution in [0.4, 0.5) is 0 Å². The summed E-state index contributed by atoms with van der Waals surface area (Å²) in [5.41, 5.74) is 8.16. The number of hydrogen-bond acceptors (Lipinski definition) is 4. The van der Waals surface area contributed by atoms with Gasteiger partial charge in [-0.15, -0.1) is 0 Å². The van der Waals surface area contributed by atoms with E-state index in [0.717, 1.165) is 81.1 Å². The molecule has 0 atom stereocenters. The van der Waals surface area contributed by atoms with Gasteiger partial charge in [0, 0.05) is 34.7 Å². The molecular formula is C30H32N6. The van der Waals surface area contributed by atoms with Crippen LogP contribution in [0.25, 0.3) is 45.6 Å². The third kappa shape index (κ3) is 4.86. The summed E-state index contributed by atoms with van der Waals surface area (Å²) in [6, 6.07) is 6.35. The maximum atomic E-state index is 4.67. The Balaban J connectivity index is 1.52. The van der Waals surface area contributed by atoms with Crippen molar-refractivity contribution in [2.24, 2.45) is 0 Å². The summed E-state index contributed by atoms with van der Waals surface area (Å²) in [6.07, 6.45) is 19.4. The van der Waals surface area contributed by atoms with Crippen LogP contribution in [0.3, 0.4) is 0 Å². The summed E-state index contributed by atoms with van der Waals surface area (Å²) in [7, 11) is 4.20. The number of H-pyrrole nitrogens is 2. The molecule has 0 bridgehead atoms. The fourth-order valence-corrected chi connectivity index (χ4v) is 4.64. The van der Waals surface area contributed by atoms with E-state index in [4.69, 9.17) is 0 Å². The second-order valence-electron chi connectivity index (χ2n) is 9.45. The Morgan fingerprint density at radius 3 is 2.86 bits per heavy atom. The first-order chi connectivity index (χ1) is 17.5. The molecule has 0 aliphatic heterocycles. The lowest BCUT2D eigenvalue weighted by atomic mass is 10.0. The Morgan fingerprint density at radius 2 is 2.08 bits per heavy atom. The van der Waals surface area contributed by atoms with Gasteiger partial charge in [0.05, 0.1) is 16.7 Å². The summed E-state index contributed by atoms with van der Waals surface area (Å²) >= 11 is 0. The molecule has 0 spiro atoms. The lowest BCUT2D eigenvalue weighted by Crippen LogP contribution is -2.23. The van der Waals surface area contributed by atoms with Gasteiger partial charge in [0.25, 0.3) is 0 Å². The van der Waals surface area contributed by atoms with Crippen LogP contribution in [-0.2, 0) is 6.42 Å². The molecule has 5 rings (SSSR count). The van der Waals surface area contributed by atoms with Gasteiger partial charge in [-0.05, 0) is 93.4 Å². The molecular weight excluding hydrogens is 444 g/mol. The average Bonchev–Trinajstić information content (AvgIpc) is 3.63. The van der Waals surface area contributed by atoms with Crippen molar-refractivity contribution in [3.05, 3.63) is 89.0 Å². The molecule has 0 radical (unpaired) electrons. The number of allylic oxidation sites excluding steroid dienone is 5. The number of pyridine rings is 2. The van der Waals surface area contributed by atoms with E-state index >= 15 is 0 Å². The molecule has 4 heterocycles. The Morgan fingerprint density at radius 1 is 1.19 bits per heavy atom. The Hall–Kier alpha value is -4.03. The van der Waals surface area contributed by atoms with Crippen molar-refractivity contribution in [2.75, 3.05) is 20.6 Å². The number of fused-ring (bicyclic) bond motifs is 1. The molecule has 1 aliphatic carbocycles. The Kier molecular flexibility index (Phi) is 6.78. The van der Waals surface area contributed by atoms with E-state index in [2.05, 4.69) is 87.2 Å². The number of aromatic nitrogens is 5. The van der Waals surface area contributed by atoms with Crippen LogP contribution < -0.4 is 10.6 Å². The van der Waals surface area contributed by atoms with Crippen molar-refractivity contribution in [3.8, 4) is 11.4 Å². The number of rotatable bonds is 8. The summed E-state index contributed by atoms with van der Waals surface area (Å²) in [5, 5.41) is 10.9. The highest BCUT2D eigenvalue weighted by Gasteiger charge is 2.14. The molecule has 1 aliphatic rings. The van der Waals surface area contributed by atoms with Crippen LogP contribution in [0.5, 0.6) is 0 Å². The van der Waals surface area contributed by atoms with Crippen LogP contribution in [0.15, 0.2) is 61.6 Å². The van der Waals surface area contributed by atoms with Gasteiger partial charge >= 0.3 is 0 Å². The molecule has 182 valence electrons. The average molecular weight is 477 g/mol. The van der Waals surface area contributed by atoms with Gasteiger partial charge < -0.3 is 9.88 Å². The SMILES string of the molecule is C=C(/C=c1/c(-c2cc3c(C4=CCC=C4)nccc3[nH]2)n[nH]/c1=C/C)c1cncc(CCCN(C)C)c1. The molecule has 36 heavy (non-hydrogen) atoms. The van der Waals surface area contributed by atoms with E-state index in [1.54, 1.807) is 0 Å². The van der Waals surface area contributed by atoms with E-state index < -0.39 is 0 Å². The zero-order valence-corrected chi connectivity index (χ0v) is 21.2. The first-order valence-electron chi connectivity index (χ1n) is 12.4. The molecule has 0 aromatic carbocycles. The predicted molar refractivity (Wildman–Crippen MR) is 149 cm³/mol. The van der Waals surface area contributed by atoms with Crippen molar-refractivity contribution >= 4 is 34.2 Å². The van der Waals surface area contributed by atoms with Crippen LogP contribution >= 0.6 is 0 Å². The van der Waals surface area contributed by atoms with Gasteiger partial charge in [0.1, 0.15) is 5.69 Å². The normalized spacial score (nSPS) is 14.4. The predicted octanol–water partition coefficient (Wildman–Crippen LogP) is 4.48. The van der Waals surface area contributed by atoms with E-state index in [9.17, 15) is 0 Å². The van der Waals surface area contributed by atoms with Crippen molar-refractivity contribution in [2.45, 2.75) is 26.2 Å². The molecule has 0 fully saturated rings. The lowest BCUT2D eigenvalue weighted by Gasteiger charge is -2.09. The smallest absolute Gasteiger partial charge is 0.116 e.